The van der Waals surface area contributed by atoms with E-state index in [2.05, 4.69) is 24.4 Å². The van der Waals surface area contributed by atoms with Crippen LogP contribution in [0.5, 0.6) is 0 Å². The van der Waals surface area contributed by atoms with Crippen LogP contribution in [0.1, 0.15) is 36.8 Å². The highest BCUT2D eigenvalue weighted by Crippen LogP contribution is 2.48. The lowest BCUT2D eigenvalue weighted by atomic mass is 9.60. The molecular weight excluding hydrogens is 250 g/mol. The summed E-state index contributed by atoms with van der Waals surface area (Å²) >= 11 is 0. The average Bonchev–Trinajstić information content (AvgIpc) is 2.45. The summed E-state index contributed by atoms with van der Waals surface area (Å²) in [5.74, 6) is 0.158. The molecule has 1 atom stereocenters. The van der Waals surface area contributed by atoms with Gasteiger partial charge in [-0.05, 0) is 43.6 Å². The van der Waals surface area contributed by atoms with Crippen molar-refractivity contribution in [1.82, 2.24) is 5.32 Å². The van der Waals surface area contributed by atoms with Crippen LogP contribution in [0.4, 0.5) is 0 Å². The lowest BCUT2D eigenvalue weighted by Gasteiger charge is -2.52. The third-order valence-electron chi connectivity index (χ3n) is 4.94. The Morgan fingerprint density at radius 3 is 2.80 bits per heavy atom. The molecule has 1 saturated heterocycles. The Morgan fingerprint density at radius 2 is 2.15 bits per heavy atom. The minimum atomic E-state index is 0.158. The van der Waals surface area contributed by atoms with Crippen molar-refractivity contribution in [2.75, 3.05) is 13.2 Å². The van der Waals surface area contributed by atoms with Gasteiger partial charge in [-0.1, -0.05) is 29.8 Å². The number of benzene rings is 1. The maximum absolute atomic E-state index is 12.2. The number of nitrogens with one attached hydrogen (secondary N) is 1. The second-order valence-electron chi connectivity index (χ2n) is 6.30. The van der Waals surface area contributed by atoms with Crippen LogP contribution in [0.25, 0.3) is 0 Å². The number of hydrogen-bond donors (Lipinski definition) is 1. The van der Waals surface area contributed by atoms with Crippen molar-refractivity contribution in [2.45, 2.75) is 45.1 Å². The van der Waals surface area contributed by atoms with Gasteiger partial charge >= 0.3 is 0 Å². The van der Waals surface area contributed by atoms with Crippen LogP contribution in [0.2, 0.25) is 0 Å². The van der Waals surface area contributed by atoms with Gasteiger partial charge in [0.25, 0.3) is 0 Å². The first-order valence-electron chi connectivity index (χ1n) is 7.61. The lowest BCUT2D eigenvalue weighted by molar-refractivity contribution is -0.126. The molecule has 1 aliphatic heterocycles. The first kappa shape index (κ1) is 13.6. The first-order chi connectivity index (χ1) is 9.68. The first-order valence-corrected chi connectivity index (χ1v) is 7.61. The Labute approximate surface area is 120 Å². The summed E-state index contributed by atoms with van der Waals surface area (Å²) in [4.78, 5) is 12.2. The van der Waals surface area contributed by atoms with Gasteiger partial charge in [0.15, 0.2) is 0 Å². The molecule has 1 aromatic rings. The second-order valence-corrected chi connectivity index (χ2v) is 6.30. The third-order valence-corrected chi connectivity index (χ3v) is 4.94. The van der Waals surface area contributed by atoms with Gasteiger partial charge in [0.2, 0.25) is 5.91 Å². The molecule has 20 heavy (non-hydrogen) atoms. The summed E-state index contributed by atoms with van der Waals surface area (Å²) < 4.78 is 5.45. The molecule has 0 radical (unpaired) electrons. The second kappa shape index (κ2) is 5.57. The molecule has 1 saturated carbocycles. The van der Waals surface area contributed by atoms with E-state index in [4.69, 9.17) is 4.74 Å². The van der Waals surface area contributed by atoms with Crippen molar-refractivity contribution in [2.24, 2.45) is 5.41 Å². The Morgan fingerprint density at radius 1 is 1.35 bits per heavy atom. The van der Waals surface area contributed by atoms with Crippen molar-refractivity contribution in [3.05, 3.63) is 35.4 Å². The molecule has 0 bridgehead atoms. The van der Waals surface area contributed by atoms with Gasteiger partial charge in [-0.25, -0.2) is 0 Å². The molecule has 1 aromatic carbocycles. The molecule has 1 N–H and O–H groups in total. The number of rotatable bonds is 3. The molecule has 2 fully saturated rings. The van der Waals surface area contributed by atoms with Crippen molar-refractivity contribution >= 4 is 5.91 Å². The molecule has 1 amide bonds. The van der Waals surface area contributed by atoms with E-state index in [0.29, 0.717) is 17.9 Å². The summed E-state index contributed by atoms with van der Waals surface area (Å²) in [6, 6.07) is 8.55. The molecule has 3 nitrogen and oxygen atoms in total. The van der Waals surface area contributed by atoms with Crippen LogP contribution in [0, 0.1) is 12.3 Å². The summed E-state index contributed by atoms with van der Waals surface area (Å²) in [6.45, 7) is 3.76. The smallest absolute Gasteiger partial charge is 0.224 e. The minimum absolute atomic E-state index is 0.158. The number of carbonyl (C=O) groups is 1. The topological polar surface area (TPSA) is 38.3 Å². The summed E-state index contributed by atoms with van der Waals surface area (Å²) in [5, 5.41) is 3.25. The number of ether oxygens (including phenoxy) is 1. The molecule has 3 heteroatoms. The Hall–Kier alpha value is -1.35. The zero-order valence-corrected chi connectivity index (χ0v) is 12.2. The summed E-state index contributed by atoms with van der Waals surface area (Å²) in [5.41, 5.74) is 2.64. The largest absolute Gasteiger partial charge is 0.381 e. The quantitative estimate of drug-likeness (QED) is 0.919. The van der Waals surface area contributed by atoms with Crippen LogP contribution in [0.3, 0.4) is 0 Å². The summed E-state index contributed by atoms with van der Waals surface area (Å²) in [6.07, 6.45) is 5.06. The van der Waals surface area contributed by atoms with E-state index < -0.39 is 0 Å². The van der Waals surface area contributed by atoms with Crippen molar-refractivity contribution in [3.63, 3.8) is 0 Å². The molecule has 1 heterocycles. The molecule has 0 aromatic heterocycles. The number of amides is 1. The highest BCUT2D eigenvalue weighted by atomic mass is 16.5. The fraction of sp³-hybridized carbons (Fsp3) is 0.588. The number of aryl methyl sites for hydroxylation is 1. The van der Waals surface area contributed by atoms with Crippen LogP contribution in [-0.4, -0.2) is 25.2 Å². The van der Waals surface area contributed by atoms with Crippen LogP contribution in [-0.2, 0) is 16.0 Å². The van der Waals surface area contributed by atoms with Gasteiger partial charge in [-0.2, -0.15) is 0 Å². The third kappa shape index (κ3) is 2.73. The molecule has 2 aliphatic rings. The fourth-order valence-electron chi connectivity index (χ4n) is 3.55. The van der Waals surface area contributed by atoms with Gasteiger partial charge in [0.05, 0.1) is 6.42 Å². The maximum Gasteiger partial charge on any atom is 0.224 e. The summed E-state index contributed by atoms with van der Waals surface area (Å²) in [7, 11) is 0. The SMILES string of the molecule is Cc1cccc(CC(=O)NC2CCC23CCOCC3)c1. The van der Waals surface area contributed by atoms with E-state index in [0.717, 1.165) is 38.0 Å². The van der Waals surface area contributed by atoms with Gasteiger partial charge in [-0.3, -0.25) is 4.79 Å². The number of carbonyl (C=O) groups excluding carboxylic acids is 1. The van der Waals surface area contributed by atoms with E-state index in [1.165, 1.54) is 12.0 Å². The van der Waals surface area contributed by atoms with Gasteiger partial charge in [0.1, 0.15) is 0 Å². The fourth-order valence-corrected chi connectivity index (χ4v) is 3.55. The normalized spacial score (nSPS) is 24.1. The van der Waals surface area contributed by atoms with Gasteiger partial charge in [0, 0.05) is 19.3 Å². The van der Waals surface area contributed by atoms with Crippen LogP contribution >= 0.6 is 0 Å². The Kier molecular flexibility index (Phi) is 3.79. The van der Waals surface area contributed by atoms with E-state index in [-0.39, 0.29) is 5.91 Å². The van der Waals surface area contributed by atoms with Crippen molar-refractivity contribution < 1.29 is 9.53 Å². The average molecular weight is 273 g/mol. The van der Waals surface area contributed by atoms with E-state index in [1.54, 1.807) is 0 Å². The predicted molar refractivity (Wildman–Crippen MR) is 78.5 cm³/mol. The Bertz CT molecular complexity index is 492. The van der Waals surface area contributed by atoms with E-state index >= 15 is 0 Å². The minimum Gasteiger partial charge on any atom is -0.381 e. The predicted octanol–water partition coefficient (Wildman–Crippen LogP) is 2.61. The van der Waals surface area contributed by atoms with Crippen molar-refractivity contribution in [3.8, 4) is 0 Å². The molecule has 1 aliphatic carbocycles. The molecule has 108 valence electrons. The van der Waals surface area contributed by atoms with E-state index in [1.807, 2.05) is 12.1 Å². The molecule has 1 spiro atoms. The highest BCUT2D eigenvalue weighted by molar-refractivity contribution is 5.79. The lowest BCUT2D eigenvalue weighted by Crippen LogP contribution is -2.57. The monoisotopic (exact) mass is 273 g/mol. The zero-order valence-electron chi connectivity index (χ0n) is 12.2. The standard InChI is InChI=1S/C17H23NO2/c1-13-3-2-4-14(11-13)12-16(19)18-15-5-6-17(15)7-9-20-10-8-17/h2-4,11,15H,5-10,12H2,1H3,(H,18,19). The molecule has 1 unspecified atom stereocenters. The Balaban J connectivity index is 1.56. The highest BCUT2D eigenvalue weighted by Gasteiger charge is 2.47. The van der Waals surface area contributed by atoms with E-state index in [9.17, 15) is 4.79 Å². The molecular formula is C17H23NO2. The maximum atomic E-state index is 12.2. The number of hydrogen-bond acceptors (Lipinski definition) is 2. The van der Waals surface area contributed by atoms with Gasteiger partial charge < -0.3 is 10.1 Å². The van der Waals surface area contributed by atoms with Crippen LogP contribution in [0.15, 0.2) is 24.3 Å². The molecule has 3 rings (SSSR count). The zero-order chi connectivity index (χ0) is 14.0. The van der Waals surface area contributed by atoms with Crippen LogP contribution < -0.4 is 5.32 Å². The van der Waals surface area contributed by atoms with Gasteiger partial charge in [-0.15, -0.1) is 0 Å². The van der Waals surface area contributed by atoms with Crippen molar-refractivity contribution in [1.29, 1.82) is 0 Å².